The zero-order valence-electron chi connectivity index (χ0n) is 38.0. The Labute approximate surface area is 394 Å². The first kappa shape index (κ1) is 39.4. The molecule has 0 aliphatic heterocycles. The van der Waals surface area contributed by atoms with Gasteiger partial charge >= 0.3 is 0 Å². The molecule has 0 spiro atoms. The molecule has 3 aliphatic carbocycles. The highest BCUT2D eigenvalue weighted by Crippen LogP contribution is 2.61. The Hall–Kier alpha value is -8.00. The molecule has 318 valence electrons. The SMILES string of the molecule is CC1(C)c2ccccc2-c2ccc(N(c3cccc(-c4cccc5c4C(C)(c4ccccc4)c4ccccc4-5)c3)c3cccc4c3-c3ccccc3C4(c3ccccc3)c3ccccc3)cc21. The van der Waals surface area contributed by atoms with E-state index >= 15 is 0 Å². The van der Waals surface area contributed by atoms with E-state index in [1.807, 2.05) is 0 Å². The Kier molecular flexibility index (Phi) is 8.67. The van der Waals surface area contributed by atoms with Gasteiger partial charge in [-0.1, -0.05) is 226 Å². The summed E-state index contributed by atoms with van der Waals surface area (Å²) in [5.41, 5.74) is 24.4. The molecular formula is C66H49N. The highest BCUT2D eigenvalue weighted by molar-refractivity contribution is 5.99. The third-order valence-electron chi connectivity index (χ3n) is 15.6. The van der Waals surface area contributed by atoms with Gasteiger partial charge in [0.1, 0.15) is 0 Å². The molecule has 1 atom stereocenters. The Morgan fingerprint density at radius 3 is 1.51 bits per heavy atom. The second kappa shape index (κ2) is 14.8. The molecule has 1 unspecified atom stereocenters. The third-order valence-corrected chi connectivity index (χ3v) is 15.6. The van der Waals surface area contributed by atoms with Crippen molar-refractivity contribution < 1.29 is 0 Å². The van der Waals surface area contributed by atoms with E-state index in [1.165, 1.54) is 94.6 Å². The summed E-state index contributed by atoms with van der Waals surface area (Å²) in [7, 11) is 0. The topological polar surface area (TPSA) is 3.24 Å². The first-order valence-electron chi connectivity index (χ1n) is 23.7. The van der Waals surface area contributed by atoms with E-state index in [0.29, 0.717) is 0 Å². The van der Waals surface area contributed by atoms with Crippen LogP contribution in [0.25, 0.3) is 44.5 Å². The number of nitrogens with zero attached hydrogens (tertiary/aromatic N) is 1. The van der Waals surface area contributed by atoms with Crippen LogP contribution in [0, 0.1) is 0 Å². The normalized spacial score (nSPS) is 16.3. The van der Waals surface area contributed by atoms with Gasteiger partial charge in [0, 0.05) is 27.8 Å². The molecule has 13 rings (SSSR count). The Morgan fingerprint density at radius 1 is 0.313 bits per heavy atom. The van der Waals surface area contributed by atoms with Crippen LogP contribution in [0.15, 0.2) is 243 Å². The minimum Gasteiger partial charge on any atom is -0.310 e. The lowest BCUT2D eigenvalue weighted by atomic mass is 9.68. The van der Waals surface area contributed by atoms with Crippen molar-refractivity contribution in [2.45, 2.75) is 37.0 Å². The van der Waals surface area contributed by atoms with Gasteiger partial charge in [-0.25, -0.2) is 0 Å². The molecule has 0 saturated carbocycles. The van der Waals surface area contributed by atoms with Gasteiger partial charge in [-0.05, 0) is 126 Å². The summed E-state index contributed by atoms with van der Waals surface area (Å²) >= 11 is 0. The molecular weight excluding hydrogens is 807 g/mol. The van der Waals surface area contributed by atoms with Gasteiger partial charge in [0.2, 0.25) is 0 Å². The van der Waals surface area contributed by atoms with E-state index in [1.54, 1.807) is 0 Å². The minimum atomic E-state index is -0.527. The molecule has 0 saturated heterocycles. The van der Waals surface area contributed by atoms with Crippen molar-refractivity contribution in [1.82, 2.24) is 0 Å². The van der Waals surface area contributed by atoms with E-state index in [4.69, 9.17) is 0 Å². The lowest BCUT2D eigenvalue weighted by molar-refractivity contribution is 0.660. The van der Waals surface area contributed by atoms with Gasteiger partial charge in [-0.2, -0.15) is 0 Å². The number of fused-ring (bicyclic) bond motifs is 9. The summed E-state index contributed by atoms with van der Waals surface area (Å²) in [5.74, 6) is 0. The van der Waals surface area contributed by atoms with Gasteiger partial charge in [0.05, 0.1) is 11.1 Å². The fourth-order valence-corrected chi connectivity index (χ4v) is 12.6. The largest absolute Gasteiger partial charge is 0.310 e. The predicted molar refractivity (Wildman–Crippen MR) is 279 cm³/mol. The molecule has 10 aromatic rings. The maximum absolute atomic E-state index is 2.55. The maximum atomic E-state index is 2.55. The van der Waals surface area contributed by atoms with E-state index in [0.717, 1.165) is 17.1 Å². The monoisotopic (exact) mass is 855 g/mol. The van der Waals surface area contributed by atoms with Gasteiger partial charge in [-0.15, -0.1) is 0 Å². The molecule has 0 radical (unpaired) electrons. The van der Waals surface area contributed by atoms with E-state index in [-0.39, 0.29) is 10.8 Å². The highest BCUT2D eigenvalue weighted by atomic mass is 15.1. The van der Waals surface area contributed by atoms with Crippen LogP contribution in [0.2, 0.25) is 0 Å². The number of rotatable bonds is 7. The van der Waals surface area contributed by atoms with Crippen LogP contribution < -0.4 is 4.90 Å². The second-order valence-electron chi connectivity index (χ2n) is 19.3. The quantitative estimate of drug-likeness (QED) is 0.154. The van der Waals surface area contributed by atoms with Crippen LogP contribution in [-0.4, -0.2) is 0 Å². The first-order valence-corrected chi connectivity index (χ1v) is 23.7. The van der Waals surface area contributed by atoms with Gasteiger partial charge in [-0.3, -0.25) is 0 Å². The van der Waals surface area contributed by atoms with Gasteiger partial charge in [0.25, 0.3) is 0 Å². The average molecular weight is 856 g/mol. The molecule has 0 N–H and O–H groups in total. The van der Waals surface area contributed by atoms with Gasteiger partial charge in [0.15, 0.2) is 0 Å². The van der Waals surface area contributed by atoms with Crippen LogP contribution in [-0.2, 0) is 16.2 Å². The van der Waals surface area contributed by atoms with Crippen LogP contribution in [0.5, 0.6) is 0 Å². The summed E-state index contributed by atoms with van der Waals surface area (Å²) in [5, 5.41) is 0. The Balaban J connectivity index is 1.08. The molecule has 0 aromatic heterocycles. The van der Waals surface area contributed by atoms with Crippen LogP contribution >= 0.6 is 0 Å². The number of benzene rings is 10. The molecule has 1 heteroatoms. The smallest absolute Gasteiger partial charge is 0.0714 e. The molecule has 3 aliphatic rings. The maximum Gasteiger partial charge on any atom is 0.0714 e. The lowest BCUT2D eigenvalue weighted by Gasteiger charge is -2.34. The van der Waals surface area contributed by atoms with Crippen LogP contribution in [0.4, 0.5) is 17.1 Å². The second-order valence-corrected chi connectivity index (χ2v) is 19.3. The van der Waals surface area contributed by atoms with E-state index in [9.17, 15) is 0 Å². The van der Waals surface area contributed by atoms with E-state index in [2.05, 4.69) is 268 Å². The first-order chi connectivity index (χ1) is 32.9. The summed E-state index contributed by atoms with van der Waals surface area (Å²) in [6, 6.07) is 90.9. The molecule has 10 aromatic carbocycles. The number of hydrogen-bond acceptors (Lipinski definition) is 1. The highest BCUT2D eigenvalue weighted by Gasteiger charge is 2.48. The van der Waals surface area contributed by atoms with Crippen molar-refractivity contribution in [3.63, 3.8) is 0 Å². The molecule has 0 heterocycles. The van der Waals surface area contributed by atoms with Crippen molar-refractivity contribution in [2.24, 2.45) is 0 Å². The zero-order valence-corrected chi connectivity index (χ0v) is 38.0. The number of hydrogen-bond donors (Lipinski definition) is 0. The third kappa shape index (κ3) is 5.49. The average Bonchev–Trinajstić information content (AvgIpc) is 3.94. The molecule has 1 nitrogen and oxygen atoms in total. The molecule has 0 amide bonds. The van der Waals surface area contributed by atoms with Crippen LogP contribution in [0.1, 0.15) is 70.8 Å². The van der Waals surface area contributed by atoms with Crippen molar-refractivity contribution in [2.75, 3.05) is 4.90 Å². The molecule has 0 fully saturated rings. The fraction of sp³-hybridized carbons (Fsp3) is 0.0909. The van der Waals surface area contributed by atoms with Gasteiger partial charge < -0.3 is 4.90 Å². The van der Waals surface area contributed by atoms with Crippen molar-refractivity contribution in [3.8, 4) is 44.5 Å². The molecule has 67 heavy (non-hydrogen) atoms. The standard InChI is InChI=1S/C66H49N/c1-64(2)56-35-16-13-30-51(56)53-41-40-49(43-60(53)64)67(61-39-21-38-59-62(61)55-32-15-18-37-58(55)66(59,46-25-9-5-10-26-46)47-27-11-6-12-28-47)48-29-19-22-44(42-48)50-33-20-34-54-52-31-14-17-36-57(52)65(3,63(50)54)45-23-7-4-8-24-45/h4-43H,1-3H3. The summed E-state index contributed by atoms with van der Waals surface area (Å²) in [6.45, 7) is 7.19. The van der Waals surface area contributed by atoms with Crippen molar-refractivity contribution >= 4 is 17.1 Å². The van der Waals surface area contributed by atoms with Crippen molar-refractivity contribution in [1.29, 1.82) is 0 Å². The van der Waals surface area contributed by atoms with Crippen molar-refractivity contribution in [3.05, 3.63) is 293 Å². The Morgan fingerprint density at radius 2 is 0.806 bits per heavy atom. The van der Waals surface area contributed by atoms with E-state index < -0.39 is 5.41 Å². The zero-order chi connectivity index (χ0) is 44.9. The lowest BCUT2D eigenvalue weighted by Crippen LogP contribution is -2.28. The molecule has 0 bridgehead atoms. The Bertz CT molecular complexity index is 3530. The fourth-order valence-electron chi connectivity index (χ4n) is 12.6. The summed E-state index contributed by atoms with van der Waals surface area (Å²) < 4.78 is 0. The van der Waals surface area contributed by atoms with Crippen LogP contribution in [0.3, 0.4) is 0 Å². The summed E-state index contributed by atoms with van der Waals surface area (Å²) in [4.78, 5) is 2.55. The number of anilines is 3. The summed E-state index contributed by atoms with van der Waals surface area (Å²) in [6.07, 6.45) is 0. The predicted octanol–water partition coefficient (Wildman–Crippen LogP) is 16.8. The minimum absolute atomic E-state index is 0.169.